The van der Waals surface area contributed by atoms with E-state index in [1.807, 2.05) is 32.9 Å². The van der Waals surface area contributed by atoms with Gasteiger partial charge < -0.3 is 10.2 Å². The molecule has 1 aromatic carbocycles. The Morgan fingerprint density at radius 2 is 2.19 bits per heavy atom. The molecule has 0 radical (unpaired) electrons. The van der Waals surface area contributed by atoms with Crippen LogP contribution in [0.5, 0.6) is 0 Å². The Kier molecular flexibility index (Phi) is 5.57. The van der Waals surface area contributed by atoms with E-state index < -0.39 is 0 Å². The molecule has 142 valence electrons. The molecule has 1 atom stereocenters. The van der Waals surface area contributed by atoms with E-state index in [-0.39, 0.29) is 11.3 Å². The van der Waals surface area contributed by atoms with Crippen LogP contribution >= 0.6 is 11.6 Å². The summed E-state index contributed by atoms with van der Waals surface area (Å²) in [4.78, 5) is 19.1. The number of carbonyl (C=O) groups is 1. The fourth-order valence-electron chi connectivity index (χ4n) is 3.38. The first kappa shape index (κ1) is 19.4. The Morgan fingerprint density at radius 1 is 1.41 bits per heavy atom. The summed E-state index contributed by atoms with van der Waals surface area (Å²) in [6.45, 7) is 8.15. The monoisotopic (exact) mass is 384 g/mol. The van der Waals surface area contributed by atoms with Crippen molar-refractivity contribution in [1.82, 2.24) is 10.3 Å². The molecule has 1 fully saturated rings. The lowest BCUT2D eigenvalue weighted by Gasteiger charge is -2.34. The van der Waals surface area contributed by atoms with Crippen molar-refractivity contribution in [3.05, 3.63) is 34.9 Å². The summed E-state index contributed by atoms with van der Waals surface area (Å²) < 4.78 is 0. The number of nitrogens with one attached hydrogen (secondary N) is 1. The van der Waals surface area contributed by atoms with Crippen molar-refractivity contribution < 1.29 is 4.79 Å². The summed E-state index contributed by atoms with van der Waals surface area (Å²) in [5, 5.41) is 14.0. The third kappa shape index (κ3) is 4.51. The van der Waals surface area contributed by atoms with Crippen LogP contribution in [0.15, 0.2) is 24.3 Å². The minimum atomic E-state index is -0.378. The first-order valence-electron chi connectivity index (χ1n) is 9.31. The number of nitriles is 1. The molecule has 3 rings (SSSR count). The van der Waals surface area contributed by atoms with Crippen molar-refractivity contribution in [2.75, 3.05) is 24.5 Å². The zero-order valence-electron chi connectivity index (χ0n) is 16.1. The number of aromatic nitrogens is 1. The summed E-state index contributed by atoms with van der Waals surface area (Å²) in [6.07, 6.45) is 2.12. The minimum Gasteiger partial charge on any atom is -0.356 e. The second-order valence-electron chi connectivity index (χ2n) is 8.22. The first-order chi connectivity index (χ1) is 12.8. The first-order valence-corrected chi connectivity index (χ1v) is 9.69. The molecule has 1 unspecified atom stereocenters. The molecule has 0 saturated carbocycles. The van der Waals surface area contributed by atoms with Crippen LogP contribution in [0, 0.1) is 22.7 Å². The Balaban J connectivity index is 1.77. The number of anilines is 1. The molecule has 1 saturated heterocycles. The number of benzene rings is 1. The topological polar surface area (TPSA) is 69.0 Å². The van der Waals surface area contributed by atoms with E-state index in [2.05, 4.69) is 16.3 Å². The number of pyridine rings is 1. The number of hydrogen-bond donors (Lipinski definition) is 1. The molecule has 0 bridgehead atoms. The Bertz CT molecular complexity index is 897. The minimum absolute atomic E-state index is 0.0760. The normalized spacial score (nSPS) is 17.6. The lowest BCUT2D eigenvalue weighted by atomic mass is 9.94. The Morgan fingerprint density at radius 3 is 2.89 bits per heavy atom. The lowest BCUT2D eigenvalue weighted by molar-refractivity contribution is -0.128. The number of piperidine rings is 1. The Labute approximate surface area is 165 Å². The molecule has 0 aliphatic carbocycles. The zero-order chi connectivity index (χ0) is 19.6. The van der Waals surface area contributed by atoms with Gasteiger partial charge in [-0.2, -0.15) is 5.26 Å². The average molecular weight is 385 g/mol. The number of nitrogens with zero attached hydrogens (tertiary/aromatic N) is 3. The largest absolute Gasteiger partial charge is 0.356 e. The van der Waals surface area contributed by atoms with E-state index in [4.69, 9.17) is 16.6 Å². The van der Waals surface area contributed by atoms with Crippen LogP contribution in [0.3, 0.4) is 0 Å². The number of fused-ring (bicyclic) bond motifs is 1. The number of rotatable bonds is 3. The molecule has 0 spiro atoms. The van der Waals surface area contributed by atoms with Gasteiger partial charge in [0.2, 0.25) is 5.91 Å². The smallest absolute Gasteiger partial charge is 0.225 e. The van der Waals surface area contributed by atoms with E-state index in [9.17, 15) is 10.1 Å². The van der Waals surface area contributed by atoms with Gasteiger partial charge >= 0.3 is 0 Å². The number of hydrogen-bond acceptors (Lipinski definition) is 4. The fraction of sp³-hybridized carbons (Fsp3) is 0.476. The molecule has 2 aromatic rings. The van der Waals surface area contributed by atoms with Crippen molar-refractivity contribution in [3.8, 4) is 6.07 Å². The highest BCUT2D eigenvalue weighted by atomic mass is 35.5. The summed E-state index contributed by atoms with van der Waals surface area (Å²) in [5.41, 5.74) is 0.981. The van der Waals surface area contributed by atoms with Crippen LogP contribution in [0.2, 0.25) is 5.02 Å². The quantitative estimate of drug-likeness (QED) is 0.863. The van der Waals surface area contributed by atoms with Gasteiger partial charge in [0.15, 0.2) is 0 Å². The zero-order valence-corrected chi connectivity index (χ0v) is 16.8. The second-order valence-corrected chi connectivity index (χ2v) is 8.65. The van der Waals surface area contributed by atoms with Gasteiger partial charge in [-0.3, -0.25) is 4.79 Å². The van der Waals surface area contributed by atoms with Crippen LogP contribution in [0.25, 0.3) is 10.9 Å². The van der Waals surface area contributed by atoms with Gasteiger partial charge in [-0.05, 0) is 43.0 Å². The molecular formula is C21H25ClN4O. The summed E-state index contributed by atoms with van der Waals surface area (Å²) >= 11 is 6.07. The van der Waals surface area contributed by atoms with Gasteiger partial charge in [-0.15, -0.1) is 0 Å². The summed E-state index contributed by atoms with van der Waals surface area (Å²) in [5.74, 6) is 1.26. The molecule has 2 heterocycles. The van der Waals surface area contributed by atoms with Crippen LogP contribution in [-0.4, -0.2) is 30.5 Å². The van der Waals surface area contributed by atoms with Crippen LogP contribution in [0.4, 0.5) is 5.82 Å². The van der Waals surface area contributed by atoms with E-state index in [0.29, 0.717) is 23.0 Å². The second kappa shape index (κ2) is 7.74. The van der Waals surface area contributed by atoms with Gasteiger partial charge in [-0.25, -0.2) is 4.98 Å². The molecule has 1 aliphatic heterocycles. The third-order valence-electron chi connectivity index (χ3n) is 4.95. The average Bonchev–Trinajstić information content (AvgIpc) is 2.64. The number of halogens is 1. The maximum Gasteiger partial charge on any atom is 0.225 e. The summed E-state index contributed by atoms with van der Waals surface area (Å²) in [6, 6.07) is 9.54. The van der Waals surface area contributed by atoms with Crippen LogP contribution in [0.1, 0.15) is 39.2 Å². The summed E-state index contributed by atoms with van der Waals surface area (Å²) in [7, 11) is 0. The maximum absolute atomic E-state index is 12.1. The van der Waals surface area contributed by atoms with Crippen molar-refractivity contribution in [2.45, 2.75) is 33.6 Å². The molecule has 27 heavy (non-hydrogen) atoms. The van der Waals surface area contributed by atoms with Crippen molar-refractivity contribution in [2.24, 2.45) is 11.3 Å². The maximum atomic E-state index is 12.1. The van der Waals surface area contributed by atoms with Gasteiger partial charge in [-0.1, -0.05) is 32.4 Å². The molecule has 6 heteroatoms. The highest BCUT2D eigenvalue weighted by molar-refractivity contribution is 6.31. The molecule has 1 N–H and O–H groups in total. The highest BCUT2D eigenvalue weighted by Gasteiger charge is 2.25. The van der Waals surface area contributed by atoms with Gasteiger partial charge in [0.1, 0.15) is 5.82 Å². The SMILES string of the molecule is CC(C)(C)C(=O)NCC1CCCN(c2cc(C#N)c3cc(Cl)ccc3n2)C1. The van der Waals surface area contributed by atoms with E-state index in [1.165, 1.54) is 0 Å². The van der Waals surface area contributed by atoms with E-state index in [1.54, 1.807) is 12.1 Å². The van der Waals surface area contributed by atoms with E-state index in [0.717, 1.165) is 42.7 Å². The third-order valence-corrected chi connectivity index (χ3v) is 5.19. The molecule has 1 amide bonds. The molecule has 1 aromatic heterocycles. The number of carbonyl (C=O) groups excluding carboxylic acids is 1. The number of amides is 1. The van der Waals surface area contributed by atoms with E-state index >= 15 is 0 Å². The molecule has 5 nitrogen and oxygen atoms in total. The Hall–Kier alpha value is -2.32. The highest BCUT2D eigenvalue weighted by Crippen LogP contribution is 2.28. The molecule has 1 aliphatic rings. The predicted octanol–water partition coefficient (Wildman–Crippen LogP) is 4.14. The standard InChI is InChI=1S/C21H25ClN4O/c1-21(2,3)20(27)24-12-14-5-4-8-26(13-14)19-9-15(11-23)17-10-16(22)6-7-18(17)25-19/h6-7,9-10,14H,4-5,8,12-13H2,1-3H3,(H,24,27). The predicted molar refractivity (Wildman–Crippen MR) is 109 cm³/mol. The lowest BCUT2D eigenvalue weighted by Crippen LogP contribution is -2.43. The van der Waals surface area contributed by atoms with Crippen LogP contribution < -0.4 is 10.2 Å². The fourth-order valence-corrected chi connectivity index (χ4v) is 3.55. The van der Waals surface area contributed by atoms with Gasteiger partial charge in [0.05, 0.1) is 17.1 Å². The van der Waals surface area contributed by atoms with Crippen LogP contribution in [-0.2, 0) is 4.79 Å². The van der Waals surface area contributed by atoms with Crippen molar-refractivity contribution in [1.29, 1.82) is 5.26 Å². The van der Waals surface area contributed by atoms with Gasteiger partial charge in [0.25, 0.3) is 0 Å². The van der Waals surface area contributed by atoms with Crippen molar-refractivity contribution >= 4 is 34.2 Å². The van der Waals surface area contributed by atoms with Crippen molar-refractivity contribution in [3.63, 3.8) is 0 Å². The molecular weight excluding hydrogens is 360 g/mol. The van der Waals surface area contributed by atoms with Gasteiger partial charge in [0, 0.05) is 35.5 Å².